The predicted octanol–water partition coefficient (Wildman–Crippen LogP) is 4.74. The van der Waals surface area contributed by atoms with Crippen LogP contribution in [0.25, 0.3) is 5.69 Å². The largest absolute Gasteiger partial charge is 0.478 e. The summed E-state index contributed by atoms with van der Waals surface area (Å²) < 4.78 is 32.2. The number of hydrogen-bond donors (Lipinski definition) is 2. The Morgan fingerprint density at radius 1 is 1.32 bits per heavy atom. The number of hydrogen-bond acceptors (Lipinski definition) is 3. The van der Waals surface area contributed by atoms with Gasteiger partial charge in [-0.3, -0.25) is 4.57 Å². The first-order chi connectivity index (χ1) is 14.8. The number of imidazole rings is 1. The van der Waals surface area contributed by atoms with Crippen molar-refractivity contribution in [2.45, 2.75) is 45.2 Å². The van der Waals surface area contributed by atoms with Gasteiger partial charge < -0.3 is 15.4 Å². The van der Waals surface area contributed by atoms with Gasteiger partial charge in [-0.2, -0.15) is 0 Å². The highest BCUT2D eigenvalue weighted by atomic mass is 32.1. The van der Waals surface area contributed by atoms with Gasteiger partial charge in [-0.25, -0.2) is 13.6 Å². The van der Waals surface area contributed by atoms with E-state index in [0.717, 1.165) is 11.8 Å². The molecule has 1 unspecified atom stereocenters. The number of carbonyl (C=O) groups is 1. The molecule has 8 heteroatoms. The Hall–Kier alpha value is -2.84. The SMILES string of the molecule is CCc1c(C(=O)O)cccc1-n1cc(CN)n(C2CCc3c(F)cc(F)cc3C2)c1=S. The Labute approximate surface area is 183 Å². The Morgan fingerprint density at radius 3 is 2.77 bits per heavy atom. The summed E-state index contributed by atoms with van der Waals surface area (Å²) >= 11 is 5.78. The van der Waals surface area contributed by atoms with Gasteiger partial charge in [0.05, 0.1) is 16.9 Å². The van der Waals surface area contributed by atoms with E-state index in [1.807, 2.05) is 23.8 Å². The van der Waals surface area contributed by atoms with Gasteiger partial charge in [-0.1, -0.05) is 13.0 Å². The number of carboxylic acids is 1. The molecule has 1 aliphatic rings. The average Bonchev–Trinajstić information content (AvgIpc) is 3.08. The van der Waals surface area contributed by atoms with E-state index in [1.54, 1.807) is 16.7 Å². The second-order valence-electron chi connectivity index (χ2n) is 7.73. The molecule has 0 amide bonds. The van der Waals surface area contributed by atoms with Crippen LogP contribution in [-0.2, 0) is 25.8 Å². The molecule has 31 heavy (non-hydrogen) atoms. The lowest BCUT2D eigenvalue weighted by Crippen LogP contribution is -2.22. The van der Waals surface area contributed by atoms with Crippen LogP contribution in [0.5, 0.6) is 0 Å². The second-order valence-corrected chi connectivity index (χ2v) is 8.10. The number of rotatable bonds is 5. The van der Waals surface area contributed by atoms with E-state index >= 15 is 0 Å². The van der Waals surface area contributed by atoms with Crippen molar-refractivity contribution in [1.82, 2.24) is 9.13 Å². The molecule has 1 heterocycles. The summed E-state index contributed by atoms with van der Waals surface area (Å²) in [5.74, 6) is -2.08. The number of nitrogens with zero attached hydrogens (tertiary/aromatic N) is 2. The third-order valence-corrected chi connectivity index (χ3v) is 6.40. The van der Waals surface area contributed by atoms with Gasteiger partial charge in [-0.05, 0) is 72.8 Å². The van der Waals surface area contributed by atoms with E-state index in [2.05, 4.69) is 0 Å². The van der Waals surface area contributed by atoms with Gasteiger partial charge in [-0.15, -0.1) is 0 Å². The molecule has 5 nitrogen and oxygen atoms in total. The number of benzene rings is 2. The van der Waals surface area contributed by atoms with E-state index in [1.165, 1.54) is 6.07 Å². The molecule has 0 saturated heterocycles. The van der Waals surface area contributed by atoms with Crippen LogP contribution in [0, 0.1) is 16.4 Å². The lowest BCUT2D eigenvalue weighted by molar-refractivity contribution is 0.0695. The van der Waals surface area contributed by atoms with Crippen LogP contribution >= 0.6 is 12.2 Å². The summed E-state index contributed by atoms with van der Waals surface area (Å²) in [6.07, 6.45) is 3.95. The molecule has 1 aromatic heterocycles. The van der Waals surface area contributed by atoms with Crippen molar-refractivity contribution in [3.8, 4) is 5.69 Å². The number of aromatic nitrogens is 2. The molecule has 3 aromatic rings. The molecule has 1 atom stereocenters. The summed E-state index contributed by atoms with van der Waals surface area (Å²) in [6, 6.07) is 7.34. The molecule has 2 aromatic carbocycles. The van der Waals surface area contributed by atoms with Crippen molar-refractivity contribution >= 4 is 18.2 Å². The van der Waals surface area contributed by atoms with Gasteiger partial charge in [0, 0.05) is 24.8 Å². The molecule has 3 N–H and O–H groups in total. The van der Waals surface area contributed by atoms with Crippen LogP contribution in [0.15, 0.2) is 36.5 Å². The lowest BCUT2D eigenvalue weighted by atomic mass is 9.87. The topological polar surface area (TPSA) is 73.2 Å². The summed E-state index contributed by atoms with van der Waals surface area (Å²) in [4.78, 5) is 11.7. The first-order valence-corrected chi connectivity index (χ1v) is 10.6. The normalized spacial score (nSPS) is 15.7. The Balaban J connectivity index is 1.82. The zero-order valence-electron chi connectivity index (χ0n) is 17.1. The van der Waals surface area contributed by atoms with Crippen molar-refractivity contribution in [2.75, 3.05) is 0 Å². The third kappa shape index (κ3) is 3.70. The van der Waals surface area contributed by atoms with Crippen molar-refractivity contribution in [3.05, 3.63) is 80.9 Å². The summed E-state index contributed by atoms with van der Waals surface area (Å²) in [7, 11) is 0. The molecular formula is C23H23F2N3O2S. The molecule has 0 bridgehead atoms. The van der Waals surface area contributed by atoms with Crippen LogP contribution in [0.2, 0.25) is 0 Å². The molecule has 4 rings (SSSR count). The first kappa shape index (κ1) is 21.4. The van der Waals surface area contributed by atoms with Crippen LogP contribution in [0.4, 0.5) is 8.78 Å². The maximum atomic E-state index is 14.2. The van der Waals surface area contributed by atoms with E-state index in [0.29, 0.717) is 52.8 Å². The minimum Gasteiger partial charge on any atom is -0.478 e. The highest BCUT2D eigenvalue weighted by Gasteiger charge is 2.26. The molecule has 0 saturated carbocycles. The van der Waals surface area contributed by atoms with Gasteiger partial charge in [0.1, 0.15) is 11.6 Å². The fourth-order valence-electron chi connectivity index (χ4n) is 4.60. The molecule has 162 valence electrons. The van der Waals surface area contributed by atoms with Crippen molar-refractivity contribution in [1.29, 1.82) is 0 Å². The standard InChI is InChI=1S/C23H23F2N3O2S/c1-2-17-19(22(29)30)4-3-5-21(17)27-12-16(11-26)28(23(27)31)15-6-7-18-13(9-15)8-14(24)10-20(18)25/h3-5,8,10,12,15H,2,6-7,9,11,26H2,1H3,(H,29,30). The van der Waals surface area contributed by atoms with Crippen molar-refractivity contribution in [3.63, 3.8) is 0 Å². The maximum absolute atomic E-state index is 14.2. The molecule has 0 radical (unpaired) electrons. The Kier molecular flexibility index (Phi) is 5.77. The molecule has 0 fully saturated rings. The van der Waals surface area contributed by atoms with E-state index < -0.39 is 17.6 Å². The third-order valence-electron chi connectivity index (χ3n) is 6.00. The first-order valence-electron chi connectivity index (χ1n) is 10.2. The average molecular weight is 444 g/mol. The van der Waals surface area contributed by atoms with Gasteiger partial charge in [0.25, 0.3) is 0 Å². The summed E-state index contributed by atoms with van der Waals surface area (Å²) in [5.41, 5.74) is 9.63. The zero-order chi connectivity index (χ0) is 22.3. The summed E-state index contributed by atoms with van der Waals surface area (Å²) in [6.45, 7) is 2.13. The molecule has 1 aliphatic carbocycles. The van der Waals surface area contributed by atoms with Crippen LogP contribution in [0.3, 0.4) is 0 Å². The summed E-state index contributed by atoms with van der Waals surface area (Å²) in [5, 5.41) is 9.56. The number of halogens is 2. The van der Waals surface area contributed by atoms with Gasteiger partial charge in [0.15, 0.2) is 4.77 Å². The highest BCUT2D eigenvalue weighted by Crippen LogP contribution is 2.33. The molecule has 0 spiro atoms. The van der Waals surface area contributed by atoms with Gasteiger partial charge >= 0.3 is 5.97 Å². The van der Waals surface area contributed by atoms with E-state index in [9.17, 15) is 18.7 Å². The van der Waals surface area contributed by atoms with Crippen molar-refractivity contribution in [2.24, 2.45) is 5.73 Å². The van der Waals surface area contributed by atoms with Crippen LogP contribution < -0.4 is 5.73 Å². The smallest absolute Gasteiger partial charge is 0.336 e. The molecule has 0 aliphatic heterocycles. The second kappa shape index (κ2) is 8.36. The van der Waals surface area contributed by atoms with Crippen molar-refractivity contribution < 1.29 is 18.7 Å². The minimum absolute atomic E-state index is 0.0891. The minimum atomic E-state index is -0.989. The number of aromatic carboxylic acids is 1. The van der Waals surface area contributed by atoms with Crippen LogP contribution in [0.1, 0.15) is 52.1 Å². The quantitative estimate of drug-likeness (QED) is 0.559. The Morgan fingerprint density at radius 2 is 2.10 bits per heavy atom. The van der Waals surface area contributed by atoms with Gasteiger partial charge in [0.2, 0.25) is 0 Å². The number of carboxylic acid groups (broad SMARTS) is 1. The lowest BCUT2D eigenvalue weighted by Gasteiger charge is -2.27. The van der Waals surface area contributed by atoms with Crippen LogP contribution in [-0.4, -0.2) is 20.2 Å². The maximum Gasteiger partial charge on any atom is 0.336 e. The number of fused-ring (bicyclic) bond motifs is 1. The predicted molar refractivity (Wildman–Crippen MR) is 116 cm³/mol. The zero-order valence-corrected chi connectivity index (χ0v) is 17.9. The molecular weight excluding hydrogens is 420 g/mol. The van der Waals surface area contributed by atoms with E-state index in [-0.39, 0.29) is 18.2 Å². The van der Waals surface area contributed by atoms with E-state index in [4.69, 9.17) is 18.0 Å². The number of nitrogens with two attached hydrogens (primary N) is 1. The Bertz CT molecular complexity index is 1230. The monoisotopic (exact) mass is 443 g/mol. The highest BCUT2D eigenvalue weighted by molar-refractivity contribution is 7.71. The fraction of sp³-hybridized carbons (Fsp3) is 0.304. The fourth-order valence-corrected chi connectivity index (χ4v) is 5.02.